The zero-order chi connectivity index (χ0) is 19.1. The average Bonchev–Trinajstić information content (AvgIpc) is 3.50. The van der Waals surface area contributed by atoms with E-state index in [2.05, 4.69) is 21.2 Å². The molecule has 1 fully saturated rings. The van der Waals surface area contributed by atoms with Crippen molar-refractivity contribution in [3.63, 3.8) is 0 Å². The lowest BCUT2D eigenvalue weighted by molar-refractivity contribution is 0.695. The first-order valence-electron chi connectivity index (χ1n) is 9.11. The highest BCUT2D eigenvalue weighted by atomic mass is 16.1. The van der Waals surface area contributed by atoms with Gasteiger partial charge in [-0.05, 0) is 49.2 Å². The number of benzene rings is 2. The second-order valence-corrected chi connectivity index (χ2v) is 6.86. The molecule has 2 heterocycles. The van der Waals surface area contributed by atoms with Crippen molar-refractivity contribution >= 4 is 22.4 Å². The van der Waals surface area contributed by atoms with E-state index in [0.29, 0.717) is 11.9 Å². The quantitative estimate of drug-likeness (QED) is 0.559. The first kappa shape index (κ1) is 16.3. The maximum atomic E-state index is 12.7. The lowest BCUT2D eigenvalue weighted by Crippen LogP contribution is -2.22. The van der Waals surface area contributed by atoms with E-state index < -0.39 is 0 Å². The third-order valence-electron chi connectivity index (χ3n) is 4.93. The minimum absolute atomic E-state index is 0.0186. The molecule has 0 bridgehead atoms. The summed E-state index contributed by atoms with van der Waals surface area (Å²) in [6, 6.07) is 13.7. The molecule has 5 rings (SSSR count). The number of aromatic nitrogens is 4. The van der Waals surface area contributed by atoms with Crippen molar-refractivity contribution in [2.75, 3.05) is 5.32 Å². The average molecular weight is 367 g/mol. The zero-order valence-electron chi connectivity index (χ0n) is 15.0. The smallest absolute Gasteiger partial charge is 0.332 e. The van der Waals surface area contributed by atoms with Crippen LogP contribution in [0.3, 0.4) is 0 Å². The molecule has 0 amide bonds. The monoisotopic (exact) mass is 367 g/mol. The Morgan fingerprint density at radius 3 is 2.82 bits per heavy atom. The first-order valence-corrected chi connectivity index (χ1v) is 9.11. The SMILES string of the molecule is C#Cc1cccc(Nc2ncnc3ccc(-n4ccn(C5CC5)c4=O)cc23)c1. The molecule has 1 N–H and O–H groups in total. The Labute approximate surface area is 161 Å². The molecule has 2 aromatic heterocycles. The molecule has 0 spiro atoms. The summed E-state index contributed by atoms with van der Waals surface area (Å²) in [6.45, 7) is 0. The van der Waals surface area contributed by atoms with E-state index in [9.17, 15) is 4.79 Å². The van der Waals surface area contributed by atoms with Crippen LogP contribution in [0.5, 0.6) is 0 Å². The molecule has 0 atom stereocenters. The Morgan fingerprint density at radius 1 is 1.11 bits per heavy atom. The van der Waals surface area contributed by atoms with E-state index >= 15 is 0 Å². The van der Waals surface area contributed by atoms with Gasteiger partial charge in [0, 0.05) is 35.1 Å². The number of terminal acetylenes is 1. The molecule has 0 aliphatic heterocycles. The second kappa shape index (κ2) is 6.39. The van der Waals surface area contributed by atoms with E-state index in [1.165, 1.54) is 6.33 Å². The van der Waals surface area contributed by atoms with Crippen LogP contribution in [-0.2, 0) is 0 Å². The van der Waals surface area contributed by atoms with Crippen molar-refractivity contribution in [1.82, 2.24) is 19.1 Å². The summed E-state index contributed by atoms with van der Waals surface area (Å²) in [5.74, 6) is 3.29. The van der Waals surface area contributed by atoms with Crippen molar-refractivity contribution in [3.05, 3.63) is 77.2 Å². The van der Waals surface area contributed by atoms with Gasteiger partial charge in [-0.2, -0.15) is 0 Å². The standard InChI is InChI=1S/C22H17N5O/c1-2-15-4-3-5-16(12-15)25-21-19-13-18(8-9-20(19)23-14-24-21)27-11-10-26(22(27)28)17-6-7-17/h1,3-5,8-14,17H,6-7H2,(H,23,24,25). The third kappa shape index (κ3) is 2.83. The summed E-state index contributed by atoms with van der Waals surface area (Å²) in [5.41, 5.74) is 3.20. The van der Waals surface area contributed by atoms with Gasteiger partial charge in [-0.25, -0.2) is 14.8 Å². The molecular weight excluding hydrogens is 350 g/mol. The van der Waals surface area contributed by atoms with Gasteiger partial charge in [-0.15, -0.1) is 6.42 Å². The Balaban J connectivity index is 1.58. The predicted octanol–water partition coefficient (Wildman–Crippen LogP) is 3.64. The number of hydrogen-bond acceptors (Lipinski definition) is 4. The molecule has 0 saturated heterocycles. The highest BCUT2D eigenvalue weighted by Crippen LogP contribution is 2.33. The van der Waals surface area contributed by atoms with Crippen molar-refractivity contribution in [2.45, 2.75) is 18.9 Å². The molecule has 1 aliphatic rings. The predicted molar refractivity (Wildman–Crippen MR) is 109 cm³/mol. The number of hydrogen-bond donors (Lipinski definition) is 1. The summed E-state index contributed by atoms with van der Waals surface area (Å²) < 4.78 is 3.46. The number of nitrogens with zero attached hydrogens (tertiary/aromatic N) is 4. The van der Waals surface area contributed by atoms with E-state index in [0.717, 1.165) is 40.7 Å². The fraction of sp³-hybridized carbons (Fsp3) is 0.136. The maximum absolute atomic E-state index is 12.7. The van der Waals surface area contributed by atoms with Crippen LogP contribution < -0.4 is 11.0 Å². The molecule has 1 saturated carbocycles. The molecule has 1 aliphatic carbocycles. The highest BCUT2D eigenvalue weighted by molar-refractivity contribution is 5.92. The van der Waals surface area contributed by atoms with Crippen LogP contribution >= 0.6 is 0 Å². The van der Waals surface area contributed by atoms with Gasteiger partial charge in [0.2, 0.25) is 0 Å². The molecule has 2 aromatic carbocycles. The van der Waals surface area contributed by atoms with Gasteiger partial charge in [-0.3, -0.25) is 9.13 Å². The van der Waals surface area contributed by atoms with Crippen LogP contribution in [0.2, 0.25) is 0 Å². The molecule has 4 aromatic rings. The number of fused-ring (bicyclic) bond motifs is 1. The second-order valence-electron chi connectivity index (χ2n) is 6.86. The minimum atomic E-state index is -0.0186. The topological polar surface area (TPSA) is 64.7 Å². The van der Waals surface area contributed by atoms with Gasteiger partial charge in [0.25, 0.3) is 0 Å². The van der Waals surface area contributed by atoms with Crippen molar-refractivity contribution < 1.29 is 0 Å². The maximum Gasteiger partial charge on any atom is 0.332 e. The molecule has 0 radical (unpaired) electrons. The lowest BCUT2D eigenvalue weighted by atomic mass is 10.2. The molecule has 6 nitrogen and oxygen atoms in total. The normalized spacial score (nSPS) is 13.4. The van der Waals surface area contributed by atoms with E-state index in [4.69, 9.17) is 6.42 Å². The van der Waals surface area contributed by atoms with Crippen LogP contribution in [-0.4, -0.2) is 19.1 Å². The zero-order valence-corrected chi connectivity index (χ0v) is 15.0. The molecular formula is C22H17N5O. The first-order chi connectivity index (χ1) is 13.7. The van der Waals surface area contributed by atoms with Gasteiger partial charge < -0.3 is 5.32 Å². The van der Waals surface area contributed by atoms with Gasteiger partial charge in [-0.1, -0.05) is 12.0 Å². The Hall–Kier alpha value is -3.85. The number of nitrogens with one attached hydrogen (secondary N) is 1. The van der Waals surface area contributed by atoms with Crippen LogP contribution in [0.4, 0.5) is 11.5 Å². The number of imidazole rings is 1. The Bertz CT molecular complexity index is 1290. The van der Waals surface area contributed by atoms with Crippen LogP contribution in [0, 0.1) is 12.3 Å². The number of anilines is 2. The Morgan fingerprint density at radius 2 is 2.00 bits per heavy atom. The van der Waals surface area contributed by atoms with Gasteiger partial charge in [0.05, 0.1) is 11.2 Å². The van der Waals surface area contributed by atoms with E-state index in [-0.39, 0.29) is 5.69 Å². The summed E-state index contributed by atoms with van der Waals surface area (Å²) in [6.07, 6.45) is 12.8. The summed E-state index contributed by atoms with van der Waals surface area (Å²) in [4.78, 5) is 21.4. The number of rotatable bonds is 4. The van der Waals surface area contributed by atoms with Crippen molar-refractivity contribution in [2.24, 2.45) is 0 Å². The minimum Gasteiger partial charge on any atom is -0.340 e. The van der Waals surface area contributed by atoms with Crippen molar-refractivity contribution in [1.29, 1.82) is 0 Å². The van der Waals surface area contributed by atoms with Crippen LogP contribution in [0.1, 0.15) is 24.4 Å². The van der Waals surface area contributed by atoms with Gasteiger partial charge in [0.1, 0.15) is 12.1 Å². The molecule has 0 unspecified atom stereocenters. The summed E-state index contributed by atoms with van der Waals surface area (Å²) in [5, 5.41) is 4.14. The van der Waals surface area contributed by atoms with E-state index in [1.807, 2.05) is 54.9 Å². The van der Waals surface area contributed by atoms with Crippen LogP contribution in [0.15, 0.2) is 66.0 Å². The van der Waals surface area contributed by atoms with Crippen LogP contribution in [0.25, 0.3) is 16.6 Å². The summed E-state index contributed by atoms with van der Waals surface area (Å²) in [7, 11) is 0. The van der Waals surface area contributed by atoms with Crippen molar-refractivity contribution in [3.8, 4) is 18.0 Å². The van der Waals surface area contributed by atoms with Gasteiger partial charge in [0.15, 0.2) is 0 Å². The summed E-state index contributed by atoms with van der Waals surface area (Å²) >= 11 is 0. The molecule has 6 heteroatoms. The van der Waals surface area contributed by atoms with E-state index in [1.54, 1.807) is 9.13 Å². The van der Waals surface area contributed by atoms with Gasteiger partial charge >= 0.3 is 5.69 Å². The molecule has 136 valence electrons. The third-order valence-corrected chi connectivity index (χ3v) is 4.93. The fourth-order valence-corrected chi connectivity index (χ4v) is 3.34. The molecule has 28 heavy (non-hydrogen) atoms. The lowest BCUT2D eigenvalue weighted by Gasteiger charge is -2.10. The Kier molecular flexibility index (Phi) is 3.73. The largest absolute Gasteiger partial charge is 0.340 e. The fourth-order valence-electron chi connectivity index (χ4n) is 3.34. The highest BCUT2D eigenvalue weighted by Gasteiger charge is 2.25.